The fourth-order valence-corrected chi connectivity index (χ4v) is 3.72. The normalized spacial score (nSPS) is 11.0. The highest BCUT2D eigenvalue weighted by Crippen LogP contribution is 2.30. The van der Waals surface area contributed by atoms with E-state index in [0.717, 1.165) is 50.4 Å². The molecule has 0 unspecified atom stereocenters. The number of hydrogen-bond donors (Lipinski definition) is 0. The molecule has 0 fully saturated rings. The summed E-state index contributed by atoms with van der Waals surface area (Å²) in [6.07, 6.45) is 20.1. The molecule has 1 aromatic rings. The Morgan fingerprint density at radius 2 is 1.03 bits per heavy atom. The van der Waals surface area contributed by atoms with Crippen molar-refractivity contribution in [2.24, 2.45) is 0 Å². The molecule has 0 N–H and O–H groups in total. The summed E-state index contributed by atoms with van der Waals surface area (Å²) in [5.41, 5.74) is 1.20. The second-order valence-corrected chi connectivity index (χ2v) is 8.28. The minimum atomic E-state index is 0.805. The molecular weight excluding hydrogens is 356 g/mol. The van der Waals surface area contributed by atoms with Crippen LogP contribution in [0.15, 0.2) is 18.2 Å². The van der Waals surface area contributed by atoms with E-state index in [9.17, 15) is 0 Å². The van der Waals surface area contributed by atoms with Crippen molar-refractivity contribution < 1.29 is 9.47 Å². The molecule has 1 radical (unpaired) electrons. The zero-order valence-electron chi connectivity index (χ0n) is 19.5. The monoisotopic (exact) mass is 403 g/mol. The SMILES string of the molecule is [CH2]CCc1c(OCCCCCCCCC)cccc1OCCCCCCCCC. The van der Waals surface area contributed by atoms with Gasteiger partial charge in [0.15, 0.2) is 0 Å². The second kappa shape index (κ2) is 18.8. The van der Waals surface area contributed by atoms with Crippen LogP contribution in [0.3, 0.4) is 0 Å². The van der Waals surface area contributed by atoms with Gasteiger partial charge in [-0.1, -0.05) is 104 Å². The standard InChI is InChI=1S/C27H47O2/c1-4-7-9-11-13-15-17-23-28-26-21-19-22-27(25(26)20-6-3)29-24-18-16-14-12-10-8-5-2/h19,21-22H,3-18,20,23-24H2,1-2H3. The molecule has 167 valence electrons. The van der Waals surface area contributed by atoms with Crippen LogP contribution in [0.2, 0.25) is 0 Å². The molecule has 0 saturated carbocycles. The Hall–Kier alpha value is -1.18. The van der Waals surface area contributed by atoms with Crippen LogP contribution in [-0.4, -0.2) is 13.2 Å². The van der Waals surface area contributed by atoms with Gasteiger partial charge in [0.25, 0.3) is 0 Å². The molecule has 1 rings (SSSR count). The largest absolute Gasteiger partial charge is 0.493 e. The first kappa shape index (κ1) is 25.9. The lowest BCUT2D eigenvalue weighted by Gasteiger charge is -2.16. The Balaban J connectivity index is 2.32. The average molecular weight is 404 g/mol. The molecule has 0 saturated heterocycles. The minimum Gasteiger partial charge on any atom is -0.493 e. The maximum atomic E-state index is 6.13. The Bertz CT molecular complexity index is 445. The van der Waals surface area contributed by atoms with E-state index in [2.05, 4.69) is 39.0 Å². The van der Waals surface area contributed by atoms with Crippen molar-refractivity contribution in [3.05, 3.63) is 30.7 Å². The van der Waals surface area contributed by atoms with E-state index in [0.29, 0.717) is 0 Å². The van der Waals surface area contributed by atoms with Crippen molar-refractivity contribution in [1.82, 2.24) is 0 Å². The summed E-state index contributed by atoms with van der Waals surface area (Å²) in [5, 5.41) is 0. The third kappa shape index (κ3) is 12.9. The highest BCUT2D eigenvalue weighted by atomic mass is 16.5. The summed E-state index contributed by atoms with van der Waals surface area (Å²) in [4.78, 5) is 0. The lowest BCUT2D eigenvalue weighted by atomic mass is 10.1. The van der Waals surface area contributed by atoms with Gasteiger partial charge in [-0.25, -0.2) is 0 Å². The predicted molar refractivity (Wildman–Crippen MR) is 127 cm³/mol. The lowest BCUT2D eigenvalue weighted by molar-refractivity contribution is 0.284. The third-order valence-electron chi connectivity index (χ3n) is 5.53. The van der Waals surface area contributed by atoms with Gasteiger partial charge in [0.05, 0.1) is 13.2 Å². The maximum Gasteiger partial charge on any atom is 0.126 e. The molecule has 1 aromatic carbocycles. The number of hydrogen-bond acceptors (Lipinski definition) is 2. The highest BCUT2D eigenvalue weighted by molar-refractivity contribution is 5.45. The van der Waals surface area contributed by atoms with Gasteiger partial charge in [0, 0.05) is 5.56 Å². The van der Waals surface area contributed by atoms with E-state index in [4.69, 9.17) is 9.47 Å². The summed E-state index contributed by atoms with van der Waals surface area (Å²) in [7, 11) is 0. The van der Waals surface area contributed by atoms with Gasteiger partial charge in [0.2, 0.25) is 0 Å². The van der Waals surface area contributed by atoms with Crippen molar-refractivity contribution in [2.75, 3.05) is 13.2 Å². The molecule has 0 aliphatic rings. The zero-order valence-corrected chi connectivity index (χ0v) is 19.5. The Morgan fingerprint density at radius 3 is 1.45 bits per heavy atom. The Kier molecular flexibility index (Phi) is 16.8. The van der Waals surface area contributed by atoms with Crippen LogP contribution in [0.1, 0.15) is 116 Å². The van der Waals surface area contributed by atoms with Gasteiger partial charge in [0.1, 0.15) is 11.5 Å². The predicted octanol–water partition coefficient (Wildman–Crippen LogP) is 8.71. The Morgan fingerprint density at radius 1 is 0.621 bits per heavy atom. The van der Waals surface area contributed by atoms with Gasteiger partial charge in [-0.2, -0.15) is 0 Å². The average Bonchev–Trinajstić information content (AvgIpc) is 2.73. The molecule has 0 atom stereocenters. The minimum absolute atomic E-state index is 0.805. The number of ether oxygens (including phenoxy) is 2. The van der Waals surface area contributed by atoms with E-state index in [1.807, 2.05) is 0 Å². The van der Waals surface area contributed by atoms with Gasteiger partial charge < -0.3 is 9.47 Å². The molecule has 0 aliphatic carbocycles. The van der Waals surface area contributed by atoms with Crippen LogP contribution in [0, 0.1) is 6.92 Å². The first-order valence-electron chi connectivity index (χ1n) is 12.5. The van der Waals surface area contributed by atoms with Crippen molar-refractivity contribution in [3.8, 4) is 11.5 Å². The molecule has 0 aromatic heterocycles. The lowest BCUT2D eigenvalue weighted by Crippen LogP contribution is -2.04. The molecule has 2 nitrogen and oxygen atoms in total. The van der Waals surface area contributed by atoms with Gasteiger partial charge in [-0.15, -0.1) is 0 Å². The third-order valence-corrected chi connectivity index (χ3v) is 5.53. The highest BCUT2D eigenvalue weighted by Gasteiger charge is 2.10. The van der Waals surface area contributed by atoms with Crippen LogP contribution >= 0.6 is 0 Å². The van der Waals surface area contributed by atoms with E-state index < -0.39 is 0 Å². The van der Waals surface area contributed by atoms with Crippen LogP contribution in [-0.2, 0) is 6.42 Å². The number of benzene rings is 1. The topological polar surface area (TPSA) is 18.5 Å². The Labute approximate surface area is 181 Å². The van der Waals surface area contributed by atoms with Crippen LogP contribution in [0.4, 0.5) is 0 Å². The van der Waals surface area contributed by atoms with Crippen molar-refractivity contribution >= 4 is 0 Å². The first-order chi connectivity index (χ1) is 14.3. The van der Waals surface area contributed by atoms with E-state index in [1.54, 1.807) is 0 Å². The molecule has 0 heterocycles. The molecule has 0 bridgehead atoms. The molecule has 2 heteroatoms. The molecular formula is C27H47O2. The van der Waals surface area contributed by atoms with Crippen molar-refractivity contribution in [3.63, 3.8) is 0 Å². The fraction of sp³-hybridized carbons (Fsp3) is 0.741. The summed E-state index contributed by atoms with van der Waals surface area (Å²) < 4.78 is 12.3. The smallest absolute Gasteiger partial charge is 0.126 e. The molecule has 0 amide bonds. The summed E-state index contributed by atoms with van der Waals surface area (Å²) in [6, 6.07) is 6.24. The summed E-state index contributed by atoms with van der Waals surface area (Å²) in [5.74, 6) is 1.99. The van der Waals surface area contributed by atoms with Gasteiger partial charge >= 0.3 is 0 Å². The van der Waals surface area contributed by atoms with Crippen LogP contribution < -0.4 is 9.47 Å². The van der Waals surface area contributed by atoms with Gasteiger partial charge in [-0.3, -0.25) is 0 Å². The maximum absolute atomic E-state index is 6.13. The van der Waals surface area contributed by atoms with Crippen LogP contribution in [0.5, 0.6) is 11.5 Å². The number of unbranched alkanes of at least 4 members (excludes halogenated alkanes) is 12. The quantitative estimate of drug-likeness (QED) is 0.203. The van der Waals surface area contributed by atoms with Crippen molar-refractivity contribution in [2.45, 2.75) is 117 Å². The van der Waals surface area contributed by atoms with E-state index in [-0.39, 0.29) is 0 Å². The first-order valence-corrected chi connectivity index (χ1v) is 12.5. The van der Waals surface area contributed by atoms with Crippen LogP contribution in [0.25, 0.3) is 0 Å². The molecule has 29 heavy (non-hydrogen) atoms. The molecule has 0 aliphatic heterocycles. The van der Waals surface area contributed by atoms with Crippen molar-refractivity contribution in [1.29, 1.82) is 0 Å². The van der Waals surface area contributed by atoms with Gasteiger partial charge in [-0.05, 0) is 37.8 Å². The summed E-state index contributed by atoms with van der Waals surface area (Å²) >= 11 is 0. The summed E-state index contributed by atoms with van der Waals surface area (Å²) in [6.45, 7) is 10.2. The van der Waals surface area contributed by atoms with E-state index in [1.165, 1.54) is 82.6 Å². The molecule has 0 spiro atoms. The fourth-order valence-electron chi connectivity index (χ4n) is 3.72. The van der Waals surface area contributed by atoms with E-state index >= 15 is 0 Å². The zero-order chi connectivity index (χ0) is 21.0. The second-order valence-electron chi connectivity index (χ2n) is 8.28. The number of rotatable bonds is 20.